The van der Waals surface area contributed by atoms with Gasteiger partial charge < -0.3 is 5.11 Å². The molecular weight excluding hydrogens is 208 g/mol. The Kier molecular flexibility index (Phi) is 3.53. The van der Waals surface area contributed by atoms with Crippen molar-refractivity contribution in [3.8, 4) is 5.75 Å². The van der Waals surface area contributed by atoms with Gasteiger partial charge in [-0.3, -0.25) is 0 Å². The number of halogens is 1. The summed E-state index contributed by atoms with van der Waals surface area (Å²) in [5.41, 5.74) is 1.05. The molecule has 1 nitrogen and oxygen atoms in total. The van der Waals surface area contributed by atoms with E-state index >= 15 is 0 Å². The van der Waals surface area contributed by atoms with Gasteiger partial charge in [-0.25, -0.2) is 0 Å². The van der Waals surface area contributed by atoms with Gasteiger partial charge in [-0.1, -0.05) is 49.8 Å². The molecule has 1 aromatic rings. The molecule has 0 bridgehead atoms. The van der Waals surface area contributed by atoms with E-state index in [-0.39, 0.29) is 0 Å². The maximum Gasteiger partial charge on any atom is 0.120 e. The summed E-state index contributed by atoms with van der Waals surface area (Å²) < 4.78 is 0. The van der Waals surface area contributed by atoms with Crippen molar-refractivity contribution in [1.29, 1.82) is 0 Å². The zero-order valence-electron chi connectivity index (χ0n) is 8.88. The van der Waals surface area contributed by atoms with Crippen LogP contribution in [0.25, 0.3) is 0 Å². The molecule has 0 atom stereocenters. The van der Waals surface area contributed by atoms with E-state index < -0.39 is 0 Å². The molecule has 1 N–H and O–H groups in total. The molecule has 82 valence electrons. The molecule has 0 saturated heterocycles. The van der Waals surface area contributed by atoms with E-state index in [0.29, 0.717) is 10.8 Å². The predicted molar refractivity (Wildman–Crippen MR) is 63.4 cm³/mol. The normalized spacial score (nSPS) is 17.9. The second kappa shape index (κ2) is 4.89. The molecule has 1 fully saturated rings. The molecule has 2 rings (SSSR count). The first-order valence-electron chi connectivity index (χ1n) is 5.73. The van der Waals surface area contributed by atoms with Gasteiger partial charge in [0, 0.05) is 5.02 Å². The van der Waals surface area contributed by atoms with Crippen molar-refractivity contribution in [2.75, 3.05) is 0 Å². The quantitative estimate of drug-likeness (QED) is 0.800. The maximum atomic E-state index is 9.74. The fourth-order valence-corrected chi connectivity index (χ4v) is 2.58. The van der Waals surface area contributed by atoms with E-state index in [1.807, 2.05) is 12.1 Å². The predicted octanol–water partition coefficient (Wildman–Crippen LogP) is 4.17. The molecule has 1 aliphatic carbocycles. The van der Waals surface area contributed by atoms with Crippen LogP contribution in [0, 0.1) is 5.92 Å². The number of phenols is 1. The molecule has 1 aliphatic rings. The zero-order chi connectivity index (χ0) is 10.7. The highest BCUT2D eigenvalue weighted by molar-refractivity contribution is 6.30. The minimum atomic E-state index is 0.355. The molecule has 1 aromatic carbocycles. The van der Waals surface area contributed by atoms with E-state index in [4.69, 9.17) is 11.6 Å². The minimum absolute atomic E-state index is 0.355. The lowest BCUT2D eigenvalue weighted by atomic mass is 9.85. The third-order valence-corrected chi connectivity index (χ3v) is 3.52. The summed E-state index contributed by atoms with van der Waals surface area (Å²) in [4.78, 5) is 0. The summed E-state index contributed by atoms with van der Waals surface area (Å²) in [6.45, 7) is 0. The minimum Gasteiger partial charge on any atom is -0.508 e. The van der Waals surface area contributed by atoms with Gasteiger partial charge >= 0.3 is 0 Å². The van der Waals surface area contributed by atoms with E-state index in [1.54, 1.807) is 6.07 Å². The van der Waals surface area contributed by atoms with Crippen LogP contribution in [0.3, 0.4) is 0 Å². The van der Waals surface area contributed by atoms with Crippen molar-refractivity contribution < 1.29 is 5.11 Å². The van der Waals surface area contributed by atoms with Crippen LogP contribution in [-0.4, -0.2) is 5.11 Å². The number of benzene rings is 1. The van der Waals surface area contributed by atoms with Gasteiger partial charge in [-0.2, -0.15) is 0 Å². The van der Waals surface area contributed by atoms with Crippen LogP contribution in [-0.2, 0) is 6.42 Å². The largest absolute Gasteiger partial charge is 0.508 e. The number of aromatic hydroxyl groups is 1. The van der Waals surface area contributed by atoms with Crippen LogP contribution in [0.1, 0.15) is 37.7 Å². The second-order valence-electron chi connectivity index (χ2n) is 4.48. The van der Waals surface area contributed by atoms with Gasteiger partial charge in [0.15, 0.2) is 0 Å². The number of phenolic OH excluding ortho intramolecular Hbond substituents is 1. The summed E-state index contributed by atoms with van der Waals surface area (Å²) in [6.07, 6.45) is 7.69. The summed E-state index contributed by atoms with van der Waals surface area (Å²) in [7, 11) is 0. The van der Waals surface area contributed by atoms with Gasteiger partial charge in [0.25, 0.3) is 0 Å². The molecule has 0 radical (unpaired) electrons. The fraction of sp³-hybridized carbons (Fsp3) is 0.538. The van der Waals surface area contributed by atoms with Crippen LogP contribution in [0.15, 0.2) is 18.2 Å². The van der Waals surface area contributed by atoms with E-state index in [1.165, 1.54) is 32.1 Å². The topological polar surface area (TPSA) is 20.2 Å². The summed E-state index contributed by atoms with van der Waals surface area (Å²) >= 11 is 5.80. The van der Waals surface area contributed by atoms with Crippen molar-refractivity contribution in [3.63, 3.8) is 0 Å². The smallest absolute Gasteiger partial charge is 0.120 e. The lowest BCUT2D eigenvalue weighted by Gasteiger charge is -2.21. The molecule has 0 aromatic heterocycles. The molecule has 1 saturated carbocycles. The molecule has 0 unspecified atom stereocenters. The molecule has 0 spiro atoms. The molecule has 0 amide bonds. The first-order chi connectivity index (χ1) is 7.25. The molecule has 15 heavy (non-hydrogen) atoms. The van der Waals surface area contributed by atoms with E-state index in [2.05, 4.69) is 0 Å². The van der Waals surface area contributed by atoms with Gasteiger partial charge in [-0.15, -0.1) is 0 Å². The second-order valence-corrected chi connectivity index (χ2v) is 4.92. The Morgan fingerprint density at radius 2 is 1.93 bits per heavy atom. The Morgan fingerprint density at radius 1 is 1.20 bits per heavy atom. The van der Waals surface area contributed by atoms with Crippen molar-refractivity contribution >= 4 is 11.6 Å². The summed E-state index contributed by atoms with van der Waals surface area (Å²) in [5.74, 6) is 1.11. The van der Waals surface area contributed by atoms with Crippen molar-refractivity contribution in [2.24, 2.45) is 5.92 Å². The standard InChI is InChI=1S/C13H17ClO/c14-12-7-6-11(13(15)9-12)8-10-4-2-1-3-5-10/h6-7,9-10,15H,1-5,8H2. The monoisotopic (exact) mass is 224 g/mol. The van der Waals surface area contributed by atoms with Crippen molar-refractivity contribution in [1.82, 2.24) is 0 Å². The lowest BCUT2D eigenvalue weighted by molar-refractivity contribution is 0.351. The molecular formula is C13H17ClO. The van der Waals surface area contributed by atoms with Crippen LogP contribution >= 0.6 is 11.6 Å². The number of hydrogen-bond donors (Lipinski definition) is 1. The third kappa shape index (κ3) is 2.88. The van der Waals surface area contributed by atoms with Crippen molar-refractivity contribution in [3.05, 3.63) is 28.8 Å². The van der Waals surface area contributed by atoms with Crippen molar-refractivity contribution in [2.45, 2.75) is 38.5 Å². The number of rotatable bonds is 2. The number of hydrogen-bond acceptors (Lipinski definition) is 1. The Labute approximate surface area is 96.1 Å². The molecule has 2 heteroatoms. The SMILES string of the molecule is Oc1cc(Cl)ccc1CC1CCCCC1. The fourth-order valence-electron chi connectivity index (χ4n) is 2.41. The average Bonchev–Trinajstić information content (AvgIpc) is 2.24. The highest BCUT2D eigenvalue weighted by Gasteiger charge is 2.15. The average molecular weight is 225 g/mol. The summed E-state index contributed by atoms with van der Waals surface area (Å²) in [5, 5.41) is 10.3. The van der Waals surface area contributed by atoms with E-state index in [0.717, 1.165) is 17.9 Å². The highest BCUT2D eigenvalue weighted by Crippen LogP contribution is 2.30. The highest BCUT2D eigenvalue weighted by atomic mass is 35.5. The zero-order valence-corrected chi connectivity index (χ0v) is 9.63. The maximum absolute atomic E-state index is 9.74. The first kappa shape index (κ1) is 10.8. The Hall–Kier alpha value is -0.690. The lowest BCUT2D eigenvalue weighted by Crippen LogP contribution is -2.09. The third-order valence-electron chi connectivity index (χ3n) is 3.28. The van der Waals surface area contributed by atoms with Crippen LogP contribution in [0.2, 0.25) is 5.02 Å². The van der Waals surface area contributed by atoms with Crippen LogP contribution < -0.4 is 0 Å². The van der Waals surface area contributed by atoms with Gasteiger partial charge in [-0.05, 0) is 30.0 Å². The summed E-state index contributed by atoms with van der Waals surface area (Å²) in [6, 6.07) is 5.45. The van der Waals surface area contributed by atoms with Gasteiger partial charge in [0.2, 0.25) is 0 Å². The van der Waals surface area contributed by atoms with Gasteiger partial charge in [0.1, 0.15) is 5.75 Å². The first-order valence-corrected chi connectivity index (χ1v) is 6.11. The van der Waals surface area contributed by atoms with Crippen LogP contribution in [0.5, 0.6) is 5.75 Å². The van der Waals surface area contributed by atoms with E-state index in [9.17, 15) is 5.11 Å². The Morgan fingerprint density at radius 3 is 2.60 bits per heavy atom. The Bertz CT molecular complexity index is 329. The Balaban J connectivity index is 2.03. The van der Waals surface area contributed by atoms with Crippen LogP contribution in [0.4, 0.5) is 0 Å². The molecule has 0 aliphatic heterocycles. The molecule has 0 heterocycles. The van der Waals surface area contributed by atoms with Gasteiger partial charge in [0.05, 0.1) is 0 Å².